The molecule has 0 radical (unpaired) electrons. The molecule has 0 bridgehead atoms. The lowest BCUT2D eigenvalue weighted by Crippen LogP contribution is -2.54. The number of carbonyl (C=O) groups excluding carboxylic acids is 2. The van der Waals surface area contributed by atoms with Crippen molar-refractivity contribution in [2.45, 2.75) is 13.8 Å². The van der Waals surface area contributed by atoms with Crippen molar-refractivity contribution < 1.29 is 24.6 Å². The maximum absolute atomic E-state index is 13.2. The Kier molecular flexibility index (Phi) is 5.57. The van der Waals surface area contributed by atoms with E-state index < -0.39 is 17.8 Å². The van der Waals surface area contributed by atoms with Crippen LogP contribution in [0.3, 0.4) is 0 Å². The summed E-state index contributed by atoms with van der Waals surface area (Å²) in [4.78, 5) is 38.1. The van der Waals surface area contributed by atoms with Crippen LogP contribution in [-0.2, 0) is 9.59 Å². The number of phenolic OH excluding ortho intramolecular Hbond substituents is 1. The number of aromatic hydroxyl groups is 1. The van der Waals surface area contributed by atoms with Crippen molar-refractivity contribution in [2.24, 2.45) is 0 Å². The standard InChI is InChI=1S/C24H19N3O5S/c1-13-11-16(14(2)26(13)17-7-9-19(28)10-8-17)12-20-21(29)25-24(33)27(22(20)30)18-5-3-15(4-6-18)23(31)32/h3-12,28H,1-2H3,(H,31,32)(H,25,29,33)/b20-12+. The lowest BCUT2D eigenvalue weighted by Gasteiger charge is -2.29. The van der Waals surface area contributed by atoms with Crippen molar-refractivity contribution in [1.29, 1.82) is 0 Å². The van der Waals surface area contributed by atoms with Gasteiger partial charge in [-0.3, -0.25) is 19.8 Å². The fourth-order valence-electron chi connectivity index (χ4n) is 3.73. The van der Waals surface area contributed by atoms with Gasteiger partial charge in [0.2, 0.25) is 0 Å². The number of hydrogen-bond donors (Lipinski definition) is 3. The van der Waals surface area contributed by atoms with Gasteiger partial charge in [-0.15, -0.1) is 0 Å². The van der Waals surface area contributed by atoms with Gasteiger partial charge in [-0.1, -0.05) is 0 Å². The number of aromatic nitrogens is 1. The van der Waals surface area contributed by atoms with Gasteiger partial charge in [-0.2, -0.15) is 0 Å². The Morgan fingerprint density at radius 2 is 1.61 bits per heavy atom. The Labute approximate surface area is 194 Å². The number of thiocarbonyl (C=S) groups is 1. The van der Waals surface area contributed by atoms with Crippen molar-refractivity contribution in [3.8, 4) is 11.4 Å². The number of aromatic carboxylic acids is 1. The predicted molar refractivity (Wildman–Crippen MR) is 127 cm³/mol. The van der Waals surface area contributed by atoms with Gasteiger partial charge in [0.15, 0.2) is 5.11 Å². The first-order chi connectivity index (χ1) is 15.7. The number of nitrogens with zero attached hydrogens (tertiary/aromatic N) is 2. The number of nitrogens with one attached hydrogen (secondary N) is 1. The second-order valence-electron chi connectivity index (χ2n) is 7.49. The number of hydrogen-bond acceptors (Lipinski definition) is 5. The summed E-state index contributed by atoms with van der Waals surface area (Å²) in [6.07, 6.45) is 1.51. The second kappa shape index (κ2) is 8.36. The largest absolute Gasteiger partial charge is 0.508 e. The van der Waals surface area contributed by atoms with Gasteiger partial charge < -0.3 is 14.8 Å². The first kappa shape index (κ1) is 22.0. The molecule has 4 rings (SSSR count). The van der Waals surface area contributed by atoms with E-state index in [9.17, 15) is 19.5 Å². The summed E-state index contributed by atoms with van der Waals surface area (Å²) in [5, 5.41) is 21.1. The number of carboxylic acids is 1. The molecule has 166 valence electrons. The number of carbonyl (C=O) groups is 3. The number of anilines is 1. The summed E-state index contributed by atoms with van der Waals surface area (Å²) in [6, 6.07) is 14.2. The SMILES string of the molecule is Cc1cc(/C=C2\C(=O)NC(=S)N(c3ccc(C(=O)O)cc3)C2=O)c(C)n1-c1ccc(O)cc1. The minimum absolute atomic E-state index is 0.0654. The van der Waals surface area contributed by atoms with Crippen LogP contribution in [0, 0.1) is 13.8 Å². The molecule has 1 aliphatic rings. The first-order valence-corrected chi connectivity index (χ1v) is 10.3. The van der Waals surface area contributed by atoms with Crippen LogP contribution in [0.25, 0.3) is 11.8 Å². The molecule has 0 unspecified atom stereocenters. The third-order valence-corrected chi connectivity index (χ3v) is 5.64. The second-order valence-corrected chi connectivity index (χ2v) is 7.87. The van der Waals surface area contributed by atoms with Gasteiger partial charge in [-0.05, 0) is 92.3 Å². The van der Waals surface area contributed by atoms with Crippen molar-refractivity contribution >= 4 is 46.9 Å². The maximum atomic E-state index is 13.2. The molecule has 1 saturated heterocycles. The molecule has 9 heteroatoms. The summed E-state index contributed by atoms with van der Waals surface area (Å²) < 4.78 is 1.95. The van der Waals surface area contributed by atoms with Crippen LogP contribution < -0.4 is 10.2 Å². The highest BCUT2D eigenvalue weighted by molar-refractivity contribution is 7.80. The van der Waals surface area contributed by atoms with E-state index in [0.717, 1.165) is 22.0 Å². The molecule has 2 aromatic carbocycles. The molecule has 0 atom stereocenters. The maximum Gasteiger partial charge on any atom is 0.335 e. The van der Waals surface area contributed by atoms with Crippen molar-refractivity contribution in [3.63, 3.8) is 0 Å². The van der Waals surface area contributed by atoms with Crippen molar-refractivity contribution in [1.82, 2.24) is 9.88 Å². The van der Waals surface area contributed by atoms with E-state index >= 15 is 0 Å². The van der Waals surface area contributed by atoms with Gasteiger partial charge in [0, 0.05) is 17.1 Å². The molecule has 2 heterocycles. The zero-order valence-electron chi connectivity index (χ0n) is 17.7. The van der Waals surface area contributed by atoms with Crippen LogP contribution in [0.5, 0.6) is 5.75 Å². The van der Waals surface area contributed by atoms with Crippen LogP contribution in [0.1, 0.15) is 27.3 Å². The lowest BCUT2D eigenvalue weighted by molar-refractivity contribution is -0.122. The van der Waals surface area contributed by atoms with Gasteiger partial charge in [0.1, 0.15) is 11.3 Å². The quantitative estimate of drug-likeness (QED) is 0.312. The fourth-order valence-corrected chi connectivity index (χ4v) is 4.01. The van der Waals surface area contributed by atoms with Crippen LogP contribution in [0.2, 0.25) is 0 Å². The lowest BCUT2D eigenvalue weighted by atomic mass is 10.1. The zero-order valence-corrected chi connectivity index (χ0v) is 18.5. The normalized spacial score (nSPS) is 15.2. The highest BCUT2D eigenvalue weighted by Crippen LogP contribution is 2.27. The Hall–Kier alpha value is -4.24. The summed E-state index contributed by atoms with van der Waals surface area (Å²) in [7, 11) is 0. The van der Waals surface area contributed by atoms with Crippen LogP contribution >= 0.6 is 12.2 Å². The average molecular weight is 461 g/mol. The summed E-state index contributed by atoms with van der Waals surface area (Å²) >= 11 is 5.20. The van der Waals surface area contributed by atoms with E-state index in [1.54, 1.807) is 24.3 Å². The van der Waals surface area contributed by atoms with E-state index in [1.165, 1.54) is 30.3 Å². The molecular formula is C24H19N3O5S. The molecule has 1 aromatic heterocycles. The molecule has 2 amide bonds. The molecule has 8 nitrogen and oxygen atoms in total. The van der Waals surface area contributed by atoms with Crippen LogP contribution in [-0.4, -0.2) is 37.7 Å². The number of rotatable bonds is 4. The minimum Gasteiger partial charge on any atom is -0.508 e. The number of carboxylic acid groups (broad SMARTS) is 1. The molecule has 33 heavy (non-hydrogen) atoms. The van der Waals surface area contributed by atoms with Gasteiger partial charge >= 0.3 is 5.97 Å². The monoisotopic (exact) mass is 461 g/mol. The average Bonchev–Trinajstić information content (AvgIpc) is 3.05. The third-order valence-electron chi connectivity index (χ3n) is 5.35. The summed E-state index contributed by atoms with van der Waals surface area (Å²) in [5.41, 5.74) is 3.49. The van der Waals surface area contributed by atoms with E-state index in [0.29, 0.717) is 11.3 Å². The highest BCUT2D eigenvalue weighted by atomic mass is 32.1. The minimum atomic E-state index is -1.09. The topological polar surface area (TPSA) is 112 Å². The van der Waals surface area contributed by atoms with Crippen molar-refractivity contribution in [2.75, 3.05) is 4.90 Å². The first-order valence-electron chi connectivity index (χ1n) is 9.90. The van der Waals surface area contributed by atoms with Gasteiger partial charge in [-0.25, -0.2) is 4.79 Å². The van der Waals surface area contributed by atoms with Gasteiger partial charge in [0.25, 0.3) is 11.8 Å². The van der Waals surface area contributed by atoms with E-state index in [4.69, 9.17) is 17.3 Å². The summed E-state index contributed by atoms with van der Waals surface area (Å²) in [6.45, 7) is 3.76. The van der Waals surface area contributed by atoms with E-state index in [1.807, 2.05) is 24.5 Å². The zero-order chi connectivity index (χ0) is 23.9. The van der Waals surface area contributed by atoms with Gasteiger partial charge in [0.05, 0.1) is 11.3 Å². The van der Waals surface area contributed by atoms with E-state index in [-0.39, 0.29) is 22.0 Å². The smallest absolute Gasteiger partial charge is 0.335 e. The summed E-state index contributed by atoms with van der Waals surface area (Å²) in [5.74, 6) is -2.16. The highest BCUT2D eigenvalue weighted by Gasteiger charge is 2.34. The predicted octanol–water partition coefficient (Wildman–Crippen LogP) is 3.33. The van der Waals surface area contributed by atoms with Crippen LogP contribution in [0.15, 0.2) is 60.2 Å². The Morgan fingerprint density at radius 1 is 1.00 bits per heavy atom. The van der Waals surface area contributed by atoms with Crippen molar-refractivity contribution in [3.05, 3.63) is 82.7 Å². The number of phenols is 1. The number of amides is 2. The Balaban J connectivity index is 1.73. The van der Waals surface area contributed by atoms with Crippen LogP contribution in [0.4, 0.5) is 5.69 Å². The Morgan fingerprint density at radius 3 is 2.21 bits per heavy atom. The number of benzene rings is 2. The fraction of sp³-hybridized carbons (Fsp3) is 0.0833. The Bertz CT molecular complexity index is 1340. The molecule has 1 fully saturated rings. The molecule has 0 spiro atoms. The van der Waals surface area contributed by atoms with E-state index in [2.05, 4.69) is 5.32 Å². The number of aryl methyl sites for hydroxylation is 1. The molecular weight excluding hydrogens is 442 g/mol. The molecule has 0 saturated carbocycles. The molecule has 0 aliphatic carbocycles. The molecule has 3 aromatic rings. The molecule has 1 aliphatic heterocycles. The third kappa shape index (κ3) is 4.01. The molecule has 3 N–H and O–H groups in total.